The Labute approximate surface area is 123 Å². The van der Waals surface area contributed by atoms with E-state index < -0.39 is 0 Å². The molecular formula is C15H21N3OS. The minimum Gasteiger partial charge on any atom is -0.352 e. The smallest absolute Gasteiger partial charge is 0.251 e. The van der Waals surface area contributed by atoms with Crippen molar-refractivity contribution in [3.8, 4) is 0 Å². The summed E-state index contributed by atoms with van der Waals surface area (Å²) in [5, 5.41) is 2.97. The molecule has 2 N–H and O–H groups in total. The molecule has 0 aliphatic carbocycles. The fraction of sp³-hybridized carbons (Fsp3) is 0.467. The summed E-state index contributed by atoms with van der Waals surface area (Å²) in [6.07, 6.45) is 8.52. The Morgan fingerprint density at radius 3 is 3.00 bits per heavy atom. The molecule has 0 bridgehead atoms. The number of aromatic amines is 1. The fourth-order valence-corrected chi connectivity index (χ4v) is 2.60. The van der Waals surface area contributed by atoms with Gasteiger partial charge in [0.2, 0.25) is 0 Å². The molecule has 2 rings (SSSR count). The van der Waals surface area contributed by atoms with Crippen LogP contribution in [0.25, 0.3) is 11.0 Å². The van der Waals surface area contributed by atoms with E-state index in [-0.39, 0.29) is 5.91 Å². The number of unbranched alkanes of at least 4 members (excludes halogenated alkanes) is 3. The molecule has 2 aromatic rings. The first-order valence-corrected chi connectivity index (χ1v) is 8.41. The highest BCUT2D eigenvalue weighted by atomic mass is 32.2. The molecule has 0 radical (unpaired) electrons. The minimum absolute atomic E-state index is 0.00869. The first-order chi connectivity index (χ1) is 9.81. The molecule has 4 nitrogen and oxygen atoms in total. The Bertz CT molecular complexity index is 553. The van der Waals surface area contributed by atoms with Gasteiger partial charge in [-0.25, -0.2) is 4.98 Å². The molecule has 0 saturated carbocycles. The maximum absolute atomic E-state index is 12.0. The number of rotatable bonds is 8. The van der Waals surface area contributed by atoms with Crippen LogP contribution in [0.5, 0.6) is 0 Å². The van der Waals surface area contributed by atoms with Crippen molar-refractivity contribution in [1.29, 1.82) is 0 Å². The van der Waals surface area contributed by atoms with Crippen molar-refractivity contribution in [2.75, 3.05) is 18.6 Å². The largest absolute Gasteiger partial charge is 0.352 e. The van der Waals surface area contributed by atoms with E-state index in [2.05, 4.69) is 21.5 Å². The third-order valence-corrected chi connectivity index (χ3v) is 3.94. The molecule has 0 saturated heterocycles. The average Bonchev–Trinajstić information content (AvgIpc) is 2.93. The SMILES string of the molecule is CSCCCCCCNC(=O)c1ccc2nc[nH]c2c1. The average molecular weight is 291 g/mol. The van der Waals surface area contributed by atoms with Crippen LogP contribution in [0.15, 0.2) is 24.5 Å². The van der Waals surface area contributed by atoms with Gasteiger partial charge >= 0.3 is 0 Å². The molecule has 1 amide bonds. The van der Waals surface area contributed by atoms with E-state index in [4.69, 9.17) is 0 Å². The Morgan fingerprint density at radius 2 is 2.15 bits per heavy atom. The first-order valence-electron chi connectivity index (χ1n) is 7.01. The van der Waals surface area contributed by atoms with Gasteiger partial charge in [-0.05, 0) is 43.0 Å². The third-order valence-electron chi connectivity index (χ3n) is 3.24. The van der Waals surface area contributed by atoms with E-state index in [1.54, 1.807) is 6.33 Å². The predicted octanol–water partition coefficient (Wildman–Crippen LogP) is 3.22. The number of aromatic nitrogens is 2. The van der Waals surface area contributed by atoms with Gasteiger partial charge in [0.25, 0.3) is 5.91 Å². The van der Waals surface area contributed by atoms with E-state index in [1.165, 1.54) is 25.0 Å². The third kappa shape index (κ3) is 4.27. The van der Waals surface area contributed by atoms with Gasteiger partial charge in [-0.2, -0.15) is 11.8 Å². The van der Waals surface area contributed by atoms with E-state index in [0.29, 0.717) is 5.56 Å². The quantitative estimate of drug-likeness (QED) is 0.734. The number of amides is 1. The molecule has 108 valence electrons. The Hall–Kier alpha value is -1.49. The van der Waals surface area contributed by atoms with Crippen LogP contribution in [0.3, 0.4) is 0 Å². The molecule has 1 heterocycles. The summed E-state index contributed by atoms with van der Waals surface area (Å²) in [5.41, 5.74) is 2.47. The van der Waals surface area contributed by atoms with Crippen LogP contribution in [-0.2, 0) is 0 Å². The summed E-state index contributed by atoms with van der Waals surface area (Å²) < 4.78 is 0. The predicted molar refractivity (Wildman–Crippen MR) is 85.3 cm³/mol. The molecule has 0 spiro atoms. The zero-order valence-corrected chi connectivity index (χ0v) is 12.6. The normalized spacial score (nSPS) is 10.8. The van der Waals surface area contributed by atoms with Gasteiger partial charge in [0.05, 0.1) is 17.4 Å². The minimum atomic E-state index is -0.00869. The molecule has 1 aromatic carbocycles. The summed E-state index contributed by atoms with van der Waals surface area (Å²) in [4.78, 5) is 19.2. The number of nitrogens with zero attached hydrogens (tertiary/aromatic N) is 1. The molecule has 0 aliphatic heterocycles. The fourth-order valence-electron chi connectivity index (χ4n) is 2.11. The molecule has 20 heavy (non-hydrogen) atoms. The number of H-pyrrole nitrogens is 1. The van der Waals surface area contributed by atoms with Crippen LogP contribution < -0.4 is 5.32 Å². The molecule has 0 unspecified atom stereocenters. The van der Waals surface area contributed by atoms with E-state index in [9.17, 15) is 4.79 Å². The van der Waals surface area contributed by atoms with Crippen LogP contribution in [0, 0.1) is 0 Å². The van der Waals surface area contributed by atoms with Crippen molar-refractivity contribution >= 4 is 28.7 Å². The van der Waals surface area contributed by atoms with Crippen LogP contribution >= 0.6 is 11.8 Å². The number of hydrogen-bond donors (Lipinski definition) is 2. The van der Waals surface area contributed by atoms with Gasteiger partial charge in [0.15, 0.2) is 0 Å². The first kappa shape index (κ1) is 14.9. The zero-order valence-electron chi connectivity index (χ0n) is 11.8. The lowest BCUT2D eigenvalue weighted by atomic mass is 10.1. The lowest BCUT2D eigenvalue weighted by molar-refractivity contribution is 0.0953. The number of thioether (sulfide) groups is 1. The maximum Gasteiger partial charge on any atom is 0.251 e. The van der Waals surface area contributed by atoms with E-state index in [1.807, 2.05) is 30.0 Å². The lowest BCUT2D eigenvalue weighted by Crippen LogP contribution is -2.24. The summed E-state index contributed by atoms with van der Waals surface area (Å²) in [6.45, 7) is 0.749. The maximum atomic E-state index is 12.0. The topological polar surface area (TPSA) is 57.8 Å². The standard InChI is InChI=1S/C15H21N3OS/c1-20-9-5-3-2-4-8-16-15(19)12-6-7-13-14(10-12)18-11-17-13/h6-7,10-11H,2-5,8-9H2,1H3,(H,16,19)(H,17,18). The van der Waals surface area contributed by atoms with Gasteiger partial charge in [-0.3, -0.25) is 4.79 Å². The number of carbonyl (C=O) groups excluding carboxylic acids is 1. The summed E-state index contributed by atoms with van der Waals surface area (Å²) in [7, 11) is 0. The Kier molecular flexibility index (Phi) is 5.92. The second-order valence-corrected chi connectivity index (χ2v) is 5.78. The van der Waals surface area contributed by atoms with Crippen molar-refractivity contribution in [2.45, 2.75) is 25.7 Å². The van der Waals surface area contributed by atoms with Gasteiger partial charge in [0.1, 0.15) is 0 Å². The second-order valence-electron chi connectivity index (χ2n) is 4.80. The monoisotopic (exact) mass is 291 g/mol. The Balaban J connectivity index is 1.71. The molecule has 0 fully saturated rings. The number of fused-ring (bicyclic) bond motifs is 1. The van der Waals surface area contributed by atoms with Gasteiger partial charge < -0.3 is 10.3 Å². The number of hydrogen-bond acceptors (Lipinski definition) is 3. The van der Waals surface area contributed by atoms with Crippen LogP contribution in [0.4, 0.5) is 0 Å². The van der Waals surface area contributed by atoms with Crippen LogP contribution in [-0.4, -0.2) is 34.4 Å². The second kappa shape index (κ2) is 7.94. The van der Waals surface area contributed by atoms with Crippen molar-refractivity contribution in [1.82, 2.24) is 15.3 Å². The Morgan fingerprint density at radius 1 is 1.30 bits per heavy atom. The summed E-state index contributed by atoms with van der Waals surface area (Å²) in [5.74, 6) is 1.22. The number of benzene rings is 1. The number of carbonyl (C=O) groups is 1. The van der Waals surface area contributed by atoms with Gasteiger partial charge in [0, 0.05) is 12.1 Å². The van der Waals surface area contributed by atoms with Crippen molar-refractivity contribution < 1.29 is 4.79 Å². The number of imidazole rings is 1. The van der Waals surface area contributed by atoms with Crippen molar-refractivity contribution in [3.05, 3.63) is 30.1 Å². The van der Waals surface area contributed by atoms with Gasteiger partial charge in [-0.1, -0.05) is 12.8 Å². The number of nitrogens with one attached hydrogen (secondary N) is 2. The molecule has 1 aromatic heterocycles. The van der Waals surface area contributed by atoms with E-state index in [0.717, 1.165) is 24.0 Å². The van der Waals surface area contributed by atoms with Crippen LogP contribution in [0.2, 0.25) is 0 Å². The highest BCUT2D eigenvalue weighted by Gasteiger charge is 2.06. The van der Waals surface area contributed by atoms with Crippen molar-refractivity contribution in [3.63, 3.8) is 0 Å². The lowest BCUT2D eigenvalue weighted by Gasteiger charge is -2.05. The molecule has 5 heteroatoms. The molecular weight excluding hydrogens is 270 g/mol. The molecule has 0 aliphatic rings. The zero-order chi connectivity index (χ0) is 14.2. The highest BCUT2D eigenvalue weighted by Crippen LogP contribution is 2.11. The van der Waals surface area contributed by atoms with Gasteiger partial charge in [-0.15, -0.1) is 0 Å². The van der Waals surface area contributed by atoms with Crippen molar-refractivity contribution in [2.24, 2.45) is 0 Å². The van der Waals surface area contributed by atoms with Crippen LogP contribution in [0.1, 0.15) is 36.0 Å². The highest BCUT2D eigenvalue weighted by molar-refractivity contribution is 7.98. The van der Waals surface area contributed by atoms with E-state index >= 15 is 0 Å². The summed E-state index contributed by atoms with van der Waals surface area (Å²) in [6, 6.07) is 5.52. The molecule has 0 atom stereocenters. The summed E-state index contributed by atoms with van der Waals surface area (Å²) >= 11 is 1.89.